The third-order valence-electron chi connectivity index (χ3n) is 3.28. The minimum atomic E-state index is -1.02. The summed E-state index contributed by atoms with van der Waals surface area (Å²) in [4.78, 5) is 11.2. The second-order valence-corrected chi connectivity index (χ2v) is 5.81. The fourth-order valence-electron chi connectivity index (χ4n) is 2.00. The number of carbonyl (C=O) groups excluding carboxylic acids is 1. The highest BCUT2D eigenvalue weighted by molar-refractivity contribution is 5.72. The van der Waals surface area contributed by atoms with E-state index in [-0.39, 0.29) is 18.2 Å². The van der Waals surface area contributed by atoms with E-state index in [1.807, 2.05) is 6.92 Å². The van der Waals surface area contributed by atoms with Gasteiger partial charge in [-0.25, -0.2) is 0 Å². The van der Waals surface area contributed by atoms with E-state index in [9.17, 15) is 9.90 Å². The SMILES string of the molecule is CCC(CCO)(CCCC(C)(C)C)C(=O)[O-].[NH4+]. The van der Waals surface area contributed by atoms with Gasteiger partial charge in [-0.15, -0.1) is 0 Å². The molecule has 0 saturated heterocycles. The van der Waals surface area contributed by atoms with E-state index in [1.54, 1.807) is 0 Å². The molecule has 0 saturated carbocycles. The molecule has 0 radical (unpaired) electrons. The smallest absolute Gasteiger partial charge is 0.0476 e. The van der Waals surface area contributed by atoms with Gasteiger partial charge in [0.05, 0.1) is 0 Å². The van der Waals surface area contributed by atoms with Crippen molar-refractivity contribution in [2.24, 2.45) is 10.8 Å². The Morgan fingerprint density at radius 3 is 2.00 bits per heavy atom. The van der Waals surface area contributed by atoms with Crippen molar-refractivity contribution >= 4 is 5.97 Å². The van der Waals surface area contributed by atoms with Gasteiger partial charge in [-0.2, -0.15) is 0 Å². The zero-order valence-electron chi connectivity index (χ0n) is 12.0. The zero-order valence-corrected chi connectivity index (χ0v) is 12.0. The molecule has 0 amide bonds. The van der Waals surface area contributed by atoms with Crippen LogP contribution in [0.25, 0.3) is 0 Å². The van der Waals surface area contributed by atoms with Gasteiger partial charge >= 0.3 is 0 Å². The van der Waals surface area contributed by atoms with E-state index >= 15 is 0 Å². The fourth-order valence-corrected chi connectivity index (χ4v) is 2.00. The van der Waals surface area contributed by atoms with Crippen LogP contribution in [-0.2, 0) is 4.79 Å². The summed E-state index contributed by atoms with van der Waals surface area (Å²) in [6.45, 7) is 8.20. The zero-order chi connectivity index (χ0) is 12.8. The predicted molar refractivity (Wildman–Crippen MR) is 68.7 cm³/mol. The molecule has 0 aliphatic carbocycles. The first kappa shape index (κ1) is 18.7. The summed E-state index contributed by atoms with van der Waals surface area (Å²) in [5.41, 5.74) is -0.607. The van der Waals surface area contributed by atoms with Gasteiger partial charge in [-0.1, -0.05) is 34.1 Å². The highest BCUT2D eigenvalue weighted by Crippen LogP contribution is 2.34. The Balaban J connectivity index is 0. The van der Waals surface area contributed by atoms with Crippen molar-refractivity contribution < 1.29 is 15.0 Å². The average Bonchev–Trinajstić information content (AvgIpc) is 2.14. The summed E-state index contributed by atoms with van der Waals surface area (Å²) >= 11 is 0. The second-order valence-electron chi connectivity index (χ2n) is 5.81. The van der Waals surface area contributed by atoms with Gasteiger partial charge in [-0.05, 0) is 31.1 Å². The first-order chi connectivity index (χ1) is 7.27. The molecule has 0 fully saturated rings. The normalized spacial score (nSPS) is 14.9. The molecule has 5 N–H and O–H groups in total. The summed E-state index contributed by atoms with van der Waals surface area (Å²) in [6, 6.07) is 0. The first-order valence-electron chi connectivity index (χ1n) is 6.10. The summed E-state index contributed by atoms with van der Waals surface area (Å²) in [6.07, 6.45) is 3.29. The number of carboxylic acid groups (broad SMARTS) is 1. The highest BCUT2D eigenvalue weighted by atomic mass is 16.4. The molecule has 104 valence electrons. The summed E-state index contributed by atoms with van der Waals surface area (Å²) < 4.78 is 0. The summed E-state index contributed by atoms with van der Waals surface area (Å²) in [5, 5.41) is 20.1. The molecular formula is C13H29NO3. The molecule has 0 aliphatic heterocycles. The molecule has 4 nitrogen and oxygen atoms in total. The van der Waals surface area contributed by atoms with E-state index in [0.29, 0.717) is 19.3 Å². The molecule has 0 aliphatic rings. The monoisotopic (exact) mass is 247 g/mol. The molecule has 0 bridgehead atoms. The van der Waals surface area contributed by atoms with Gasteiger partial charge in [-0.3, -0.25) is 0 Å². The van der Waals surface area contributed by atoms with Crippen LogP contribution in [0.5, 0.6) is 0 Å². The third-order valence-corrected chi connectivity index (χ3v) is 3.28. The van der Waals surface area contributed by atoms with Crippen molar-refractivity contribution in [3.05, 3.63) is 0 Å². The highest BCUT2D eigenvalue weighted by Gasteiger charge is 2.29. The number of hydrogen-bond acceptors (Lipinski definition) is 3. The summed E-state index contributed by atoms with van der Waals surface area (Å²) in [7, 11) is 0. The fraction of sp³-hybridized carbons (Fsp3) is 0.923. The van der Waals surface area contributed by atoms with E-state index in [4.69, 9.17) is 5.11 Å². The second kappa shape index (κ2) is 7.67. The summed E-state index contributed by atoms with van der Waals surface area (Å²) in [5.74, 6) is -1.02. The van der Waals surface area contributed by atoms with Crippen LogP contribution in [0.2, 0.25) is 0 Å². The van der Waals surface area contributed by atoms with E-state index < -0.39 is 11.4 Å². The van der Waals surface area contributed by atoms with Gasteiger partial charge in [0.15, 0.2) is 0 Å². The Morgan fingerprint density at radius 2 is 1.71 bits per heavy atom. The lowest BCUT2D eigenvalue weighted by atomic mass is 9.76. The molecule has 0 spiro atoms. The number of carbonyl (C=O) groups is 1. The maximum atomic E-state index is 11.2. The number of aliphatic hydroxyl groups is 1. The molecule has 1 unspecified atom stereocenters. The van der Waals surface area contributed by atoms with Crippen molar-refractivity contribution in [3.8, 4) is 0 Å². The van der Waals surface area contributed by atoms with Gasteiger partial charge in [0.2, 0.25) is 0 Å². The molecule has 0 aromatic heterocycles. The number of aliphatic hydroxyl groups excluding tert-OH is 1. The molecule has 17 heavy (non-hydrogen) atoms. The van der Waals surface area contributed by atoms with Crippen molar-refractivity contribution in [1.82, 2.24) is 6.15 Å². The van der Waals surface area contributed by atoms with Gasteiger partial charge in [0.25, 0.3) is 0 Å². The largest absolute Gasteiger partial charge is 0.550 e. The molecule has 4 heteroatoms. The predicted octanol–water partition coefficient (Wildman–Crippen LogP) is 2.11. The van der Waals surface area contributed by atoms with Gasteiger partial charge < -0.3 is 21.2 Å². The van der Waals surface area contributed by atoms with Crippen molar-refractivity contribution in [2.75, 3.05) is 6.61 Å². The van der Waals surface area contributed by atoms with Crippen LogP contribution < -0.4 is 11.3 Å². The molecule has 1 atom stereocenters. The third kappa shape index (κ3) is 6.64. The van der Waals surface area contributed by atoms with E-state index in [0.717, 1.165) is 12.8 Å². The Morgan fingerprint density at radius 1 is 1.18 bits per heavy atom. The molecule has 0 aromatic carbocycles. The Hall–Kier alpha value is -0.610. The number of carboxylic acids is 1. The van der Waals surface area contributed by atoms with E-state index in [1.165, 1.54) is 0 Å². The molecule has 0 heterocycles. The lowest BCUT2D eigenvalue weighted by Crippen LogP contribution is -2.42. The minimum Gasteiger partial charge on any atom is -0.550 e. The Labute approximate surface area is 105 Å². The van der Waals surface area contributed by atoms with Crippen LogP contribution >= 0.6 is 0 Å². The van der Waals surface area contributed by atoms with E-state index in [2.05, 4.69) is 20.8 Å². The van der Waals surface area contributed by atoms with Crippen LogP contribution in [0.4, 0.5) is 0 Å². The lowest BCUT2D eigenvalue weighted by Gasteiger charge is -2.34. The molecule has 0 aromatic rings. The van der Waals surface area contributed by atoms with Crippen LogP contribution in [-0.4, -0.2) is 17.7 Å². The first-order valence-corrected chi connectivity index (χ1v) is 6.10. The van der Waals surface area contributed by atoms with Crippen LogP contribution in [0, 0.1) is 10.8 Å². The molecular weight excluding hydrogens is 218 g/mol. The van der Waals surface area contributed by atoms with Gasteiger partial charge in [0.1, 0.15) is 0 Å². The van der Waals surface area contributed by atoms with Crippen molar-refractivity contribution in [3.63, 3.8) is 0 Å². The maximum absolute atomic E-state index is 11.2. The quantitative estimate of drug-likeness (QED) is 0.721. The minimum absolute atomic E-state index is 0. The number of quaternary nitrogens is 1. The van der Waals surface area contributed by atoms with Crippen molar-refractivity contribution in [1.29, 1.82) is 0 Å². The lowest BCUT2D eigenvalue weighted by molar-refractivity contribution is -0.320. The number of aliphatic carboxylic acids is 1. The van der Waals surface area contributed by atoms with Crippen LogP contribution in [0.15, 0.2) is 0 Å². The number of rotatable bonds is 7. The van der Waals surface area contributed by atoms with Crippen LogP contribution in [0.3, 0.4) is 0 Å². The van der Waals surface area contributed by atoms with Crippen molar-refractivity contribution in [2.45, 2.75) is 59.8 Å². The van der Waals surface area contributed by atoms with Crippen LogP contribution in [0.1, 0.15) is 59.8 Å². The Bertz CT molecular complexity index is 223. The average molecular weight is 247 g/mol. The number of hydrogen-bond donors (Lipinski definition) is 2. The van der Waals surface area contributed by atoms with Gasteiger partial charge in [0, 0.05) is 18.0 Å². The topological polar surface area (TPSA) is 96.9 Å². The molecule has 0 rings (SSSR count). The maximum Gasteiger partial charge on any atom is 0.0476 e. The Kier molecular flexibility index (Phi) is 8.45. The standard InChI is InChI=1S/C13H26O3.H3N/c1-5-13(9-10-14,11(15)16)8-6-7-12(2,3)4;/h14H,5-10H2,1-4H3,(H,15,16);1H3.